The molecule has 0 saturated heterocycles. The molecule has 1 aromatic heterocycles. The molecule has 0 aliphatic rings. The van der Waals surface area contributed by atoms with E-state index in [0.29, 0.717) is 53.7 Å². The minimum Gasteiger partial charge on any atom is -0.493 e. The lowest BCUT2D eigenvalue weighted by atomic mass is 10.2. The van der Waals surface area contributed by atoms with Gasteiger partial charge in [-0.2, -0.15) is 0 Å². The van der Waals surface area contributed by atoms with Gasteiger partial charge in [0.1, 0.15) is 24.0 Å². The Kier molecular flexibility index (Phi) is 6.66. The van der Waals surface area contributed by atoms with Crippen LogP contribution in [-0.4, -0.2) is 48.8 Å². The van der Waals surface area contributed by atoms with E-state index in [1.165, 1.54) is 26.4 Å². The number of halogens is 1. The molecule has 3 aromatic rings. The highest BCUT2D eigenvalue weighted by Gasteiger charge is 2.13. The van der Waals surface area contributed by atoms with Crippen molar-refractivity contribution in [1.29, 1.82) is 0 Å². The molecule has 0 amide bonds. The summed E-state index contributed by atoms with van der Waals surface area (Å²) in [5.74, 6) is 1.87. The van der Waals surface area contributed by atoms with Crippen molar-refractivity contribution in [3.8, 4) is 17.2 Å². The van der Waals surface area contributed by atoms with Gasteiger partial charge in [-0.1, -0.05) is 6.92 Å². The summed E-state index contributed by atoms with van der Waals surface area (Å²) in [4.78, 5) is 22.0. The van der Waals surface area contributed by atoms with Gasteiger partial charge in [-0.05, 0) is 36.9 Å². The lowest BCUT2D eigenvalue weighted by Crippen LogP contribution is -2.29. The van der Waals surface area contributed by atoms with Gasteiger partial charge in [0.15, 0.2) is 11.5 Å². The van der Waals surface area contributed by atoms with E-state index in [1.807, 2.05) is 6.92 Å². The van der Waals surface area contributed by atoms with Crippen LogP contribution in [0.1, 0.15) is 12.7 Å². The van der Waals surface area contributed by atoms with Gasteiger partial charge in [0, 0.05) is 12.6 Å². The molecule has 2 aromatic carbocycles. The average Bonchev–Trinajstić information content (AvgIpc) is 2.73. The molecule has 8 heteroatoms. The van der Waals surface area contributed by atoms with Gasteiger partial charge in [-0.15, -0.1) is 0 Å². The summed E-state index contributed by atoms with van der Waals surface area (Å²) in [5.41, 5.74) is 0.310. The highest BCUT2D eigenvalue weighted by atomic mass is 19.1. The second-order valence-corrected chi connectivity index (χ2v) is 6.41. The van der Waals surface area contributed by atoms with Crippen LogP contribution >= 0.6 is 0 Å². The van der Waals surface area contributed by atoms with E-state index in [-0.39, 0.29) is 11.4 Å². The number of benzene rings is 2. The van der Waals surface area contributed by atoms with Crippen LogP contribution in [0.2, 0.25) is 0 Å². The second kappa shape index (κ2) is 9.38. The molecule has 0 saturated carbocycles. The first-order chi connectivity index (χ1) is 14.0. The third-order valence-electron chi connectivity index (χ3n) is 4.57. The zero-order valence-electron chi connectivity index (χ0n) is 16.7. The van der Waals surface area contributed by atoms with Crippen LogP contribution in [0.5, 0.6) is 17.2 Å². The maximum absolute atomic E-state index is 13.0. The van der Waals surface area contributed by atoms with Gasteiger partial charge < -0.3 is 19.2 Å². The van der Waals surface area contributed by atoms with Crippen LogP contribution in [-0.2, 0) is 6.54 Å². The standard InChI is InChI=1S/C21H24FN3O4/c1-4-25(9-10-29-15-7-5-14(22)6-8-15)13-20-23-17-12-19(28-3)18(27-2)11-16(17)21(26)24-20/h5-8,11-12H,4,9-10,13H2,1-3H3,(H,23,24,26). The largest absolute Gasteiger partial charge is 0.493 e. The van der Waals surface area contributed by atoms with Crippen molar-refractivity contribution >= 4 is 10.9 Å². The minimum absolute atomic E-state index is 0.232. The number of aromatic amines is 1. The molecule has 0 unspecified atom stereocenters. The number of hydrogen-bond acceptors (Lipinski definition) is 6. The van der Waals surface area contributed by atoms with E-state index in [4.69, 9.17) is 14.2 Å². The summed E-state index contributed by atoms with van der Waals surface area (Å²) in [5, 5.41) is 0.439. The van der Waals surface area contributed by atoms with Crippen molar-refractivity contribution < 1.29 is 18.6 Å². The highest BCUT2D eigenvalue weighted by Crippen LogP contribution is 2.29. The van der Waals surface area contributed by atoms with E-state index in [2.05, 4.69) is 14.9 Å². The fourth-order valence-corrected chi connectivity index (χ4v) is 2.97. The summed E-state index contributed by atoms with van der Waals surface area (Å²) in [6.45, 7) is 4.29. The van der Waals surface area contributed by atoms with Crippen molar-refractivity contribution in [2.75, 3.05) is 33.9 Å². The number of fused-ring (bicyclic) bond motifs is 1. The number of H-pyrrole nitrogens is 1. The number of ether oxygens (including phenoxy) is 3. The first kappa shape index (κ1) is 20.6. The molecular formula is C21H24FN3O4. The molecule has 0 radical (unpaired) electrons. The Bertz CT molecular complexity index is 1020. The first-order valence-corrected chi connectivity index (χ1v) is 9.29. The van der Waals surface area contributed by atoms with Crippen molar-refractivity contribution in [2.45, 2.75) is 13.5 Å². The molecule has 7 nitrogen and oxygen atoms in total. The Labute approximate surface area is 168 Å². The summed E-state index contributed by atoms with van der Waals surface area (Å²) in [7, 11) is 3.06. The molecular weight excluding hydrogens is 377 g/mol. The Morgan fingerprint density at radius 2 is 1.79 bits per heavy atom. The quantitative estimate of drug-likeness (QED) is 0.594. The molecule has 0 aliphatic heterocycles. The number of aromatic nitrogens is 2. The van der Waals surface area contributed by atoms with Gasteiger partial charge in [0.05, 0.1) is 31.7 Å². The van der Waals surface area contributed by atoms with Crippen LogP contribution < -0.4 is 19.8 Å². The number of nitrogens with zero attached hydrogens (tertiary/aromatic N) is 2. The maximum atomic E-state index is 13.0. The van der Waals surface area contributed by atoms with Crippen LogP contribution in [0, 0.1) is 5.82 Å². The maximum Gasteiger partial charge on any atom is 0.258 e. The van der Waals surface area contributed by atoms with Crippen molar-refractivity contribution in [2.24, 2.45) is 0 Å². The predicted molar refractivity (Wildman–Crippen MR) is 108 cm³/mol. The fourth-order valence-electron chi connectivity index (χ4n) is 2.97. The van der Waals surface area contributed by atoms with E-state index >= 15 is 0 Å². The average molecular weight is 401 g/mol. The molecule has 29 heavy (non-hydrogen) atoms. The zero-order chi connectivity index (χ0) is 20.8. The summed E-state index contributed by atoms with van der Waals surface area (Å²) >= 11 is 0. The number of likely N-dealkylation sites (N-methyl/N-ethyl adjacent to an activating group) is 1. The highest BCUT2D eigenvalue weighted by molar-refractivity contribution is 5.81. The predicted octanol–water partition coefficient (Wildman–Crippen LogP) is 2.98. The second-order valence-electron chi connectivity index (χ2n) is 6.41. The first-order valence-electron chi connectivity index (χ1n) is 9.29. The molecule has 1 heterocycles. The Balaban J connectivity index is 1.71. The van der Waals surface area contributed by atoms with Crippen LogP contribution in [0.25, 0.3) is 10.9 Å². The Morgan fingerprint density at radius 3 is 2.45 bits per heavy atom. The third kappa shape index (κ3) is 5.03. The number of hydrogen-bond donors (Lipinski definition) is 1. The van der Waals surface area contributed by atoms with Gasteiger partial charge in [0.2, 0.25) is 0 Å². The van der Waals surface area contributed by atoms with Crippen molar-refractivity contribution in [1.82, 2.24) is 14.9 Å². The summed E-state index contributed by atoms with van der Waals surface area (Å²) < 4.78 is 29.2. The molecule has 1 N–H and O–H groups in total. The minimum atomic E-state index is -0.298. The molecule has 0 aliphatic carbocycles. The van der Waals surface area contributed by atoms with Crippen LogP contribution in [0.3, 0.4) is 0 Å². The number of rotatable bonds is 9. The molecule has 3 rings (SSSR count). The normalized spacial score (nSPS) is 11.1. The smallest absolute Gasteiger partial charge is 0.258 e. The monoisotopic (exact) mass is 401 g/mol. The molecule has 0 fully saturated rings. The topological polar surface area (TPSA) is 76.7 Å². The van der Waals surface area contributed by atoms with E-state index in [0.717, 1.165) is 6.54 Å². The van der Waals surface area contributed by atoms with Gasteiger partial charge in [-0.25, -0.2) is 9.37 Å². The molecule has 0 atom stereocenters. The molecule has 0 spiro atoms. The fraction of sp³-hybridized carbons (Fsp3) is 0.333. The zero-order valence-corrected chi connectivity index (χ0v) is 16.7. The third-order valence-corrected chi connectivity index (χ3v) is 4.57. The Morgan fingerprint density at radius 1 is 1.10 bits per heavy atom. The van der Waals surface area contributed by atoms with Crippen LogP contribution in [0.4, 0.5) is 4.39 Å². The van der Waals surface area contributed by atoms with Gasteiger partial charge >= 0.3 is 0 Å². The number of nitrogens with one attached hydrogen (secondary N) is 1. The Hall–Kier alpha value is -3.13. The van der Waals surface area contributed by atoms with E-state index < -0.39 is 0 Å². The van der Waals surface area contributed by atoms with Crippen molar-refractivity contribution in [3.05, 3.63) is 58.4 Å². The van der Waals surface area contributed by atoms with E-state index in [1.54, 1.807) is 24.3 Å². The summed E-state index contributed by atoms with van der Waals surface area (Å²) in [6, 6.07) is 9.23. The number of methoxy groups -OCH3 is 2. The lowest BCUT2D eigenvalue weighted by Gasteiger charge is -2.20. The van der Waals surface area contributed by atoms with Gasteiger partial charge in [0.25, 0.3) is 5.56 Å². The van der Waals surface area contributed by atoms with Crippen LogP contribution in [0.15, 0.2) is 41.2 Å². The van der Waals surface area contributed by atoms with E-state index in [9.17, 15) is 9.18 Å². The molecule has 0 bridgehead atoms. The lowest BCUT2D eigenvalue weighted by molar-refractivity contribution is 0.206. The van der Waals surface area contributed by atoms with Gasteiger partial charge in [-0.3, -0.25) is 9.69 Å². The van der Waals surface area contributed by atoms with Crippen molar-refractivity contribution in [3.63, 3.8) is 0 Å². The summed E-state index contributed by atoms with van der Waals surface area (Å²) in [6.07, 6.45) is 0. The SMILES string of the molecule is CCN(CCOc1ccc(F)cc1)Cc1nc2cc(OC)c(OC)cc2c(=O)[nH]1. The molecule has 154 valence electrons.